The predicted molar refractivity (Wildman–Crippen MR) is 113 cm³/mol. The number of nitrogens with one attached hydrogen (secondary N) is 1. The van der Waals surface area contributed by atoms with Crippen molar-refractivity contribution in [3.63, 3.8) is 0 Å². The van der Waals surface area contributed by atoms with Gasteiger partial charge in [-0.3, -0.25) is 19.3 Å². The molecule has 2 aromatic rings. The summed E-state index contributed by atoms with van der Waals surface area (Å²) in [5, 5.41) is 2.51. The van der Waals surface area contributed by atoms with E-state index in [1.165, 1.54) is 5.56 Å². The summed E-state index contributed by atoms with van der Waals surface area (Å²) in [7, 11) is 0. The van der Waals surface area contributed by atoms with Crippen molar-refractivity contribution in [1.82, 2.24) is 15.1 Å². The zero-order valence-electron chi connectivity index (χ0n) is 17.2. The molecule has 30 heavy (non-hydrogen) atoms. The Hall–Kier alpha value is -3.19. The van der Waals surface area contributed by atoms with Gasteiger partial charge in [-0.15, -0.1) is 0 Å². The van der Waals surface area contributed by atoms with Gasteiger partial charge in [-0.1, -0.05) is 48.0 Å². The zero-order valence-corrected chi connectivity index (χ0v) is 17.2. The SMILES string of the molecule is Cc1cccc(C(=O)NCC(=O)OCC(=O)N2CCN(Cc3ccccc3)CC2)c1. The highest BCUT2D eigenvalue weighted by Gasteiger charge is 2.22. The Morgan fingerprint density at radius 3 is 2.40 bits per heavy atom. The van der Waals surface area contributed by atoms with Crippen molar-refractivity contribution in [2.75, 3.05) is 39.3 Å². The van der Waals surface area contributed by atoms with Crippen LogP contribution < -0.4 is 5.32 Å². The molecule has 0 saturated carbocycles. The van der Waals surface area contributed by atoms with Gasteiger partial charge in [0, 0.05) is 38.3 Å². The second-order valence-corrected chi connectivity index (χ2v) is 7.36. The Kier molecular flexibility index (Phi) is 7.57. The highest BCUT2D eigenvalue weighted by Crippen LogP contribution is 2.09. The van der Waals surface area contributed by atoms with Crippen LogP contribution in [0.25, 0.3) is 0 Å². The van der Waals surface area contributed by atoms with Gasteiger partial charge in [0.25, 0.3) is 11.8 Å². The van der Waals surface area contributed by atoms with E-state index in [1.807, 2.05) is 31.2 Å². The van der Waals surface area contributed by atoms with E-state index in [1.54, 1.807) is 23.1 Å². The summed E-state index contributed by atoms with van der Waals surface area (Å²) in [4.78, 5) is 40.2. The maximum absolute atomic E-state index is 12.3. The minimum absolute atomic E-state index is 0.215. The van der Waals surface area contributed by atoms with Crippen LogP contribution in [0.2, 0.25) is 0 Å². The van der Waals surface area contributed by atoms with Gasteiger partial charge in [0.2, 0.25) is 0 Å². The van der Waals surface area contributed by atoms with Crippen LogP contribution in [0.5, 0.6) is 0 Å². The number of rotatable bonds is 7. The molecule has 1 heterocycles. The molecular weight excluding hydrogens is 382 g/mol. The molecule has 7 nitrogen and oxygen atoms in total. The third-order valence-electron chi connectivity index (χ3n) is 5.00. The smallest absolute Gasteiger partial charge is 0.325 e. The number of esters is 1. The van der Waals surface area contributed by atoms with E-state index in [9.17, 15) is 14.4 Å². The molecule has 1 aliphatic heterocycles. The van der Waals surface area contributed by atoms with Gasteiger partial charge in [-0.25, -0.2) is 0 Å². The Balaban J connectivity index is 1.34. The first-order valence-corrected chi connectivity index (χ1v) is 10.1. The maximum Gasteiger partial charge on any atom is 0.325 e. The predicted octanol–water partition coefficient (Wildman–Crippen LogP) is 1.61. The highest BCUT2D eigenvalue weighted by molar-refractivity contribution is 5.96. The summed E-state index contributed by atoms with van der Waals surface area (Å²) in [6.45, 7) is 4.93. The monoisotopic (exact) mass is 409 g/mol. The summed E-state index contributed by atoms with van der Waals surface area (Å²) in [6, 6.07) is 17.3. The molecule has 2 aromatic carbocycles. The van der Waals surface area contributed by atoms with Gasteiger partial charge in [-0.05, 0) is 24.6 Å². The largest absolute Gasteiger partial charge is 0.454 e. The average molecular weight is 409 g/mol. The molecule has 0 spiro atoms. The number of carbonyl (C=O) groups is 3. The number of amides is 2. The highest BCUT2D eigenvalue weighted by atomic mass is 16.5. The molecule has 1 aliphatic rings. The number of piperazine rings is 1. The van der Waals surface area contributed by atoms with Crippen molar-refractivity contribution in [1.29, 1.82) is 0 Å². The molecule has 0 atom stereocenters. The summed E-state index contributed by atoms with van der Waals surface area (Å²) in [5.41, 5.74) is 2.69. The fraction of sp³-hybridized carbons (Fsp3) is 0.348. The molecule has 1 saturated heterocycles. The first kappa shape index (κ1) is 21.5. The number of nitrogens with zero attached hydrogens (tertiary/aromatic N) is 2. The van der Waals surface area contributed by atoms with Gasteiger partial charge in [0.15, 0.2) is 6.61 Å². The van der Waals surface area contributed by atoms with Crippen molar-refractivity contribution in [3.05, 3.63) is 71.3 Å². The van der Waals surface area contributed by atoms with E-state index < -0.39 is 5.97 Å². The molecule has 0 radical (unpaired) electrons. The Bertz CT molecular complexity index is 877. The Morgan fingerprint density at radius 1 is 0.967 bits per heavy atom. The minimum Gasteiger partial charge on any atom is -0.454 e. The zero-order chi connectivity index (χ0) is 21.3. The molecular formula is C23H27N3O4. The fourth-order valence-electron chi connectivity index (χ4n) is 3.32. The average Bonchev–Trinajstić information content (AvgIpc) is 2.77. The lowest BCUT2D eigenvalue weighted by molar-refractivity contribution is -0.151. The van der Waals surface area contributed by atoms with Gasteiger partial charge < -0.3 is 15.0 Å². The molecule has 0 unspecified atom stereocenters. The molecule has 0 bridgehead atoms. The third kappa shape index (κ3) is 6.42. The number of ether oxygens (including phenoxy) is 1. The Morgan fingerprint density at radius 2 is 1.70 bits per heavy atom. The van der Waals surface area contributed by atoms with Gasteiger partial charge in [0.05, 0.1) is 0 Å². The van der Waals surface area contributed by atoms with Crippen molar-refractivity contribution in [2.45, 2.75) is 13.5 Å². The minimum atomic E-state index is -0.632. The van der Waals surface area contributed by atoms with Crippen LogP contribution in [0.1, 0.15) is 21.5 Å². The molecule has 158 valence electrons. The number of benzene rings is 2. The number of aryl methyl sites for hydroxylation is 1. The number of carbonyl (C=O) groups excluding carboxylic acids is 3. The quantitative estimate of drug-likeness (QED) is 0.703. The van der Waals surface area contributed by atoms with Gasteiger partial charge in [0.1, 0.15) is 6.54 Å². The van der Waals surface area contributed by atoms with E-state index in [2.05, 4.69) is 22.3 Å². The van der Waals surface area contributed by atoms with Crippen LogP contribution in [-0.2, 0) is 20.9 Å². The summed E-state index contributed by atoms with van der Waals surface area (Å²) < 4.78 is 5.03. The molecule has 7 heteroatoms. The van der Waals surface area contributed by atoms with Crippen molar-refractivity contribution >= 4 is 17.8 Å². The van der Waals surface area contributed by atoms with E-state index in [4.69, 9.17) is 4.74 Å². The Labute approximate surface area is 176 Å². The van der Waals surface area contributed by atoms with Crippen LogP contribution in [0.15, 0.2) is 54.6 Å². The molecule has 1 N–H and O–H groups in total. The van der Waals surface area contributed by atoms with Crippen molar-refractivity contribution in [2.24, 2.45) is 0 Å². The normalized spacial score (nSPS) is 14.2. The topological polar surface area (TPSA) is 78.9 Å². The maximum atomic E-state index is 12.3. The van der Waals surface area contributed by atoms with E-state index in [0.29, 0.717) is 18.7 Å². The first-order valence-electron chi connectivity index (χ1n) is 10.1. The van der Waals surface area contributed by atoms with E-state index in [0.717, 1.165) is 25.2 Å². The van der Waals surface area contributed by atoms with Crippen molar-refractivity contribution in [3.8, 4) is 0 Å². The lowest BCUT2D eigenvalue weighted by Gasteiger charge is -2.34. The van der Waals surface area contributed by atoms with Crippen LogP contribution in [0.4, 0.5) is 0 Å². The molecule has 1 fully saturated rings. The summed E-state index contributed by atoms with van der Waals surface area (Å²) in [5.74, 6) is -1.20. The van der Waals surface area contributed by atoms with E-state index in [-0.39, 0.29) is 25.0 Å². The second-order valence-electron chi connectivity index (χ2n) is 7.36. The first-order chi connectivity index (χ1) is 14.5. The standard InChI is InChI=1S/C23H27N3O4/c1-18-6-5-9-20(14-18)23(29)24-15-22(28)30-17-21(27)26-12-10-25(11-13-26)16-19-7-3-2-4-8-19/h2-9,14H,10-13,15-17H2,1H3,(H,24,29). The molecule has 2 amide bonds. The second kappa shape index (κ2) is 10.5. The van der Waals surface area contributed by atoms with Crippen LogP contribution in [-0.4, -0.2) is 66.9 Å². The lowest BCUT2D eigenvalue weighted by atomic mass is 10.1. The van der Waals surface area contributed by atoms with Gasteiger partial charge in [-0.2, -0.15) is 0 Å². The summed E-state index contributed by atoms with van der Waals surface area (Å²) >= 11 is 0. The number of hydrogen-bond donors (Lipinski definition) is 1. The third-order valence-corrected chi connectivity index (χ3v) is 5.00. The molecule has 0 aromatic heterocycles. The van der Waals surface area contributed by atoms with Crippen LogP contribution in [0.3, 0.4) is 0 Å². The van der Waals surface area contributed by atoms with E-state index >= 15 is 0 Å². The lowest BCUT2D eigenvalue weighted by Crippen LogP contribution is -2.49. The van der Waals surface area contributed by atoms with Crippen LogP contribution in [0, 0.1) is 6.92 Å². The van der Waals surface area contributed by atoms with Crippen molar-refractivity contribution < 1.29 is 19.1 Å². The summed E-state index contributed by atoms with van der Waals surface area (Å²) in [6.07, 6.45) is 0. The molecule has 3 rings (SSSR count). The van der Waals surface area contributed by atoms with Gasteiger partial charge >= 0.3 is 5.97 Å². The molecule has 0 aliphatic carbocycles. The fourth-order valence-corrected chi connectivity index (χ4v) is 3.32. The number of hydrogen-bond acceptors (Lipinski definition) is 5. The van der Waals surface area contributed by atoms with Crippen LogP contribution >= 0.6 is 0 Å².